The van der Waals surface area contributed by atoms with Crippen LogP contribution in [0.25, 0.3) is 11.4 Å². The average Bonchev–Trinajstić information content (AvgIpc) is 3.01. The number of hydrogen-bond acceptors (Lipinski definition) is 6. The second-order valence-electron chi connectivity index (χ2n) is 5.55. The normalized spacial score (nSPS) is 11.0. The first-order chi connectivity index (χ1) is 12.5. The van der Waals surface area contributed by atoms with Gasteiger partial charge in [0, 0.05) is 11.1 Å². The minimum atomic E-state index is -0.0625. The number of nitrogens with zero attached hydrogens (tertiary/aromatic N) is 3. The third kappa shape index (κ3) is 3.45. The van der Waals surface area contributed by atoms with Gasteiger partial charge in [-0.1, -0.05) is 23.8 Å². The van der Waals surface area contributed by atoms with Gasteiger partial charge in [0.05, 0.1) is 20.4 Å². The lowest BCUT2D eigenvalue weighted by molar-refractivity contribution is 0.340. The van der Waals surface area contributed by atoms with E-state index in [1.807, 2.05) is 31.2 Å². The minimum absolute atomic E-state index is 0.0625. The Kier molecular flexibility index (Phi) is 5.04. The lowest BCUT2D eigenvalue weighted by Crippen LogP contribution is -1.96. The van der Waals surface area contributed by atoms with Crippen LogP contribution < -0.4 is 9.47 Å². The molecule has 2 aromatic carbocycles. The van der Waals surface area contributed by atoms with Gasteiger partial charge in [0.15, 0.2) is 17.3 Å². The quantitative estimate of drug-likeness (QED) is 0.530. The van der Waals surface area contributed by atoms with E-state index in [1.54, 1.807) is 18.3 Å². The third-order valence-corrected chi connectivity index (χ3v) is 4.02. The van der Waals surface area contributed by atoms with Gasteiger partial charge in [0.25, 0.3) is 0 Å². The van der Waals surface area contributed by atoms with Crippen molar-refractivity contribution in [2.75, 3.05) is 14.2 Å². The predicted molar refractivity (Wildman–Crippen MR) is 102 cm³/mol. The number of benzene rings is 2. The molecular formula is C18H18N4O3S. The number of ether oxygens (including phenoxy) is 2. The summed E-state index contributed by atoms with van der Waals surface area (Å²) in [5, 5.41) is 21.4. The van der Waals surface area contributed by atoms with Gasteiger partial charge < -0.3 is 14.6 Å². The number of phenols is 1. The standard InChI is InChI=1S/C18H18N4O3S/c1-11-5-4-6-13(7-11)17-20-21-18(26)22(17)19-10-12-8-14(24-2)16(23)15(9-12)25-3/h4-10,23H,1-3H3,(H,21,26). The molecule has 0 aliphatic carbocycles. The SMILES string of the molecule is COc1cc(C=Nn2c(-c3cccc(C)c3)n[nH]c2=S)cc(OC)c1O. The molecule has 3 aromatic rings. The number of rotatable bonds is 5. The average molecular weight is 370 g/mol. The molecule has 7 nitrogen and oxygen atoms in total. The summed E-state index contributed by atoms with van der Waals surface area (Å²) >= 11 is 5.28. The zero-order valence-corrected chi connectivity index (χ0v) is 15.4. The van der Waals surface area contributed by atoms with Gasteiger partial charge in [-0.15, -0.1) is 0 Å². The zero-order valence-electron chi connectivity index (χ0n) is 14.6. The summed E-state index contributed by atoms with van der Waals surface area (Å²) < 4.78 is 12.2. The molecule has 1 aromatic heterocycles. The van der Waals surface area contributed by atoms with E-state index in [4.69, 9.17) is 21.7 Å². The molecule has 8 heteroatoms. The number of hydrogen-bond donors (Lipinski definition) is 2. The smallest absolute Gasteiger partial charge is 0.216 e. The molecule has 134 valence electrons. The Labute approximate surface area is 155 Å². The van der Waals surface area contributed by atoms with Gasteiger partial charge in [-0.25, -0.2) is 5.10 Å². The van der Waals surface area contributed by atoms with Gasteiger partial charge in [-0.2, -0.15) is 14.9 Å². The first-order valence-corrected chi connectivity index (χ1v) is 8.18. The molecule has 3 rings (SSSR count). The van der Waals surface area contributed by atoms with Crippen LogP contribution in [0, 0.1) is 11.7 Å². The summed E-state index contributed by atoms with van der Waals surface area (Å²) in [7, 11) is 2.94. The van der Waals surface area contributed by atoms with Gasteiger partial charge in [0.2, 0.25) is 10.5 Å². The molecule has 0 saturated heterocycles. The maximum absolute atomic E-state index is 10.00. The van der Waals surface area contributed by atoms with Crippen molar-refractivity contribution in [2.24, 2.45) is 5.10 Å². The van der Waals surface area contributed by atoms with Crippen LogP contribution in [0.3, 0.4) is 0 Å². The van der Waals surface area contributed by atoms with Crippen molar-refractivity contribution in [1.29, 1.82) is 0 Å². The molecule has 1 heterocycles. The number of aryl methyl sites for hydroxylation is 1. The van der Waals surface area contributed by atoms with Crippen molar-refractivity contribution in [3.8, 4) is 28.6 Å². The van der Waals surface area contributed by atoms with Crippen LogP contribution in [0.1, 0.15) is 11.1 Å². The largest absolute Gasteiger partial charge is 0.502 e. The Morgan fingerprint density at radius 3 is 2.50 bits per heavy atom. The molecule has 26 heavy (non-hydrogen) atoms. The van der Waals surface area contributed by atoms with Crippen LogP contribution in [0.2, 0.25) is 0 Å². The molecule has 2 N–H and O–H groups in total. The monoisotopic (exact) mass is 370 g/mol. The third-order valence-electron chi connectivity index (χ3n) is 3.75. The first-order valence-electron chi connectivity index (χ1n) is 7.77. The second-order valence-corrected chi connectivity index (χ2v) is 5.94. The highest BCUT2D eigenvalue weighted by Gasteiger charge is 2.11. The van der Waals surface area contributed by atoms with Crippen LogP contribution in [-0.4, -0.2) is 40.4 Å². The number of aromatic amines is 1. The van der Waals surface area contributed by atoms with E-state index < -0.39 is 0 Å². The molecule has 0 aliphatic heterocycles. The fraction of sp³-hybridized carbons (Fsp3) is 0.167. The summed E-state index contributed by atoms with van der Waals surface area (Å²) in [5.74, 6) is 1.13. The molecule has 0 bridgehead atoms. The van der Waals surface area contributed by atoms with Crippen molar-refractivity contribution >= 4 is 18.4 Å². The van der Waals surface area contributed by atoms with Crippen LogP contribution in [0.5, 0.6) is 17.2 Å². The Hall–Kier alpha value is -3.13. The summed E-state index contributed by atoms with van der Waals surface area (Å²) in [6, 6.07) is 11.2. The van der Waals surface area contributed by atoms with E-state index >= 15 is 0 Å². The number of H-pyrrole nitrogens is 1. The van der Waals surface area contributed by atoms with Gasteiger partial charge in [-0.05, 0) is 37.3 Å². The molecule has 0 aliphatic rings. The summed E-state index contributed by atoms with van der Waals surface area (Å²) in [4.78, 5) is 0. The lowest BCUT2D eigenvalue weighted by atomic mass is 10.1. The van der Waals surface area contributed by atoms with Crippen LogP contribution in [0.15, 0.2) is 41.5 Å². The highest BCUT2D eigenvalue weighted by atomic mass is 32.1. The first kappa shape index (κ1) is 17.7. The Balaban J connectivity index is 2.02. The summed E-state index contributed by atoms with van der Waals surface area (Å²) in [5.41, 5.74) is 2.69. The molecular weight excluding hydrogens is 352 g/mol. The molecule has 0 saturated carbocycles. The topological polar surface area (TPSA) is 84.7 Å². The van der Waals surface area contributed by atoms with E-state index in [2.05, 4.69) is 15.3 Å². The maximum atomic E-state index is 10.00. The molecule has 0 amide bonds. The van der Waals surface area contributed by atoms with Crippen LogP contribution >= 0.6 is 12.2 Å². The lowest BCUT2D eigenvalue weighted by Gasteiger charge is -2.09. The minimum Gasteiger partial charge on any atom is -0.502 e. The molecule has 0 spiro atoms. The molecule has 0 radical (unpaired) electrons. The van der Waals surface area contributed by atoms with Crippen molar-refractivity contribution < 1.29 is 14.6 Å². The van der Waals surface area contributed by atoms with E-state index in [-0.39, 0.29) is 5.75 Å². The Bertz CT molecular complexity index is 998. The van der Waals surface area contributed by atoms with Crippen molar-refractivity contribution in [3.05, 3.63) is 52.3 Å². The van der Waals surface area contributed by atoms with E-state index in [1.165, 1.54) is 18.9 Å². The maximum Gasteiger partial charge on any atom is 0.216 e. The second kappa shape index (κ2) is 7.40. The predicted octanol–water partition coefficient (Wildman–Crippen LogP) is 3.52. The van der Waals surface area contributed by atoms with Crippen molar-refractivity contribution in [1.82, 2.24) is 14.9 Å². The number of aromatic nitrogens is 3. The Morgan fingerprint density at radius 2 is 1.88 bits per heavy atom. The number of phenolic OH excluding ortho intramolecular Hbond substituents is 1. The van der Waals surface area contributed by atoms with E-state index in [0.29, 0.717) is 27.7 Å². The number of nitrogens with one attached hydrogen (secondary N) is 1. The number of methoxy groups -OCH3 is 2. The fourth-order valence-electron chi connectivity index (χ4n) is 2.48. The van der Waals surface area contributed by atoms with Crippen molar-refractivity contribution in [2.45, 2.75) is 6.92 Å². The summed E-state index contributed by atoms with van der Waals surface area (Å²) in [6.45, 7) is 2.01. The van der Waals surface area contributed by atoms with Crippen LogP contribution in [-0.2, 0) is 0 Å². The molecule has 0 atom stereocenters. The number of aromatic hydroxyl groups is 1. The molecule has 0 fully saturated rings. The molecule has 0 unspecified atom stereocenters. The Morgan fingerprint density at radius 1 is 1.19 bits per heavy atom. The van der Waals surface area contributed by atoms with Gasteiger partial charge >= 0.3 is 0 Å². The highest BCUT2D eigenvalue weighted by Crippen LogP contribution is 2.36. The van der Waals surface area contributed by atoms with Crippen molar-refractivity contribution in [3.63, 3.8) is 0 Å². The van der Waals surface area contributed by atoms with E-state index in [9.17, 15) is 5.11 Å². The van der Waals surface area contributed by atoms with Crippen LogP contribution in [0.4, 0.5) is 0 Å². The van der Waals surface area contributed by atoms with E-state index in [0.717, 1.165) is 11.1 Å². The zero-order chi connectivity index (χ0) is 18.7. The van der Waals surface area contributed by atoms with Gasteiger partial charge in [0.1, 0.15) is 0 Å². The van der Waals surface area contributed by atoms with Gasteiger partial charge in [-0.3, -0.25) is 0 Å². The fourth-order valence-corrected chi connectivity index (χ4v) is 2.66. The summed E-state index contributed by atoms with van der Waals surface area (Å²) in [6.07, 6.45) is 1.59. The highest BCUT2D eigenvalue weighted by molar-refractivity contribution is 7.71.